The van der Waals surface area contributed by atoms with Gasteiger partial charge in [0.1, 0.15) is 11.7 Å². The first-order chi connectivity index (χ1) is 10.0. The van der Waals surface area contributed by atoms with Gasteiger partial charge < -0.3 is 14.1 Å². The Morgan fingerprint density at radius 3 is 2.90 bits per heavy atom. The van der Waals surface area contributed by atoms with Crippen molar-refractivity contribution in [2.24, 2.45) is 0 Å². The van der Waals surface area contributed by atoms with Gasteiger partial charge in [0.25, 0.3) is 5.91 Å². The van der Waals surface area contributed by atoms with Crippen molar-refractivity contribution in [3.05, 3.63) is 47.6 Å². The molecular weight excluding hydrogens is 270 g/mol. The van der Waals surface area contributed by atoms with Crippen molar-refractivity contribution in [3.8, 4) is 0 Å². The van der Waals surface area contributed by atoms with Crippen molar-refractivity contribution in [2.75, 3.05) is 0 Å². The highest BCUT2D eigenvalue weighted by Crippen LogP contribution is 2.13. The van der Waals surface area contributed by atoms with E-state index in [9.17, 15) is 4.79 Å². The minimum absolute atomic E-state index is 0.207. The van der Waals surface area contributed by atoms with Crippen molar-refractivity contribution < 1.29 is 9.21 Å². The SMILES string of the molecule is Cc1cn2ccc(C(=O)NC(C)c3nnc(C)o3)cc2n1. The molecule has 3 aromatic rings. The van der Waals surface area contributed by atoms with E-state index >= 15 is 0 Å². The number of amides is 1. The first-order valence-electron chi connectivity index (χ1n) is 6.59. The second kappa shape index (κ2) is 5.01. The van der Waals surface area contributed by atoms with E-state index < -0.39 is 0 Å². The zero-order chi connectivity index (χ0) is 15.0. The van der Waals surface area contributed by atoms with Gasteiger partial charge in [-0.3, -0.25) is 4.79 Å². The number of fused-ring (bicyclic) bond motifs is 1. The third kappa shape index (κ3) is 2.62. The number of nitrogens with one attached hydrogen (secondary N) is 1. The van der Waals surface area contributed by atoms with Crippen LogP contribution in [0.25, 0.3) is 5.65 Å². The zero-order valence-electron chi connectivity index (χ0n) is 12.0. The molecule has 1 amide bonds. The number of rotatable bonds is 3. The second-order valence-corrected chi connectivity index (χ2v) is 4.92. The maximum atomic E-state index is 12.2. The van der Waals surface area contributed by atoms with Crippen LogP contribution in [-0.4, -0.2) is 25.5 Å². The molecule has 0 spiro atoms. The molecular formula is C14H15N5O2. The van der Waals surface area contributed by atoms with Crippen molar-refractivity contribution in [1.29, 1.82) is 0 Å². The first kappa shape index (κ1) is 13.3. The molecule has 0 aliphatic rings. The van der Waals surface area contributed by atoms with Crippen LogP contribution in [0.3, 0.4) is 0 Å². The fourth-order valence-corrected chi connectivity index (χ4v) is 2.08. The lowest BCUT2D eigenvalue weighted by molar-refractivity contribution is 0.0934. The molecule has 0 fully saturated rings. The Labute approximate surface area is 121 Å². The summed E-state index contributed by atoms with van der Waals surface area (Å²) in [6.45, 7) is 5.41. The molecule has 7 heteroatoms. The van der Waals surface area contributed by atoms with Gasteiger partial charge in [0.05, 0.1) is 5.69 Å². The molecule has 21 heavy (non-hydrogen) atoms. The molecule has 1 N–H and O–H groups in total. The monoisotopic (exact) mass is 285 g/mol. The molecule has 3 heterocycles. The Balaban J connectivity index is 1.79. The maximum absolute atomic E-state index is 12.2. The molecule has 3 aromatic heterocycles. The van der Waals surface area contributed by atoms with E-state index in [1.54, 1.807) is 26.0 Å². The molecule has 0 saturated carbocycles. The van der Waals surface area contributed by atoms with Crippen molar-refractivity contribution >= 4 is 11.6 Å². The number of aromatic nitrogens is 4. The van der Waals surface area contributed by atoms with Gasteiger partial charge in [-0.1, -0.05) is 0 Å². The van der Waals surface area contributed by atoms with E-state index in [0.717, 1.165) is 11.3 Å². The Morgan fingerprint density at radius 1 is 1.38 bits per heavy atom. The number of pyridine rings is 1. The van der Waals surface area contributed by atoms with Crippen LogP contribution in [0.4, 0.5) is 0 Å². The topological polar surface area (TPSA) is 85.3 Å². The smallest absolute Gasteiger partial charge is 0.252 e. The minimum Gasteiger partial charge on any atom is -0.423 e. The van der Waals surface area contributed by atoms with E-state index in [-0.39, 0.29) is 11.9 Å². The standard InChI is InChI=1S/C14H15N5O2/c1-8-7-19-5-4-11(6-12(19)15-8)13(20)16-9(2)14-18-17-10(3)21-14/h4-7,9H,1-3H3,(H,16,20). The molecule has 1 unspecified atom stereocenters. The lowest BCUT2D eigenvalue weighted by Crippen LogP contribution is -2.27. The summed E-state index contributed by atoms with van der Waals surface area (Å²) in [5.74, 6) is 0.653. The van der Waals surface area contributed by atoms with Crippen molar-refractivity contribution in [1.82, 2.24) is 24.9 Å². The average Bonchev–Trinajstić information content (AvgIpc) is 3.02. The van der Waals surface area contributed by atoms with Crippen LogP contribution >= 0.6 is 0 Å². The van der Waals surface area contributed by atoms with Crippen molar-refractivity contribution in [3.63, 3.8) is 0 Å². The Morgan fingerprint density at radius 2 is 2.19 bits per heavy atom. The summed E-state index contributed by atoms with van der Waals surface area (Å²) in [5.41, 5.74) is 2.18. The third-order valence-corrected chi connectivity index (χ3v) is 3.10. The highest BCUT2D eigenvalue weighted by atomic mass is 16.4. The largest absolute Gasteiger partial charge is 0.423 e. The number of hydrogen-bond donors (Lipinski definition) is 1. The van der Waals surface area contributed by atoms with Crippen LogP contribution in [0.5, 0.6) is 0 Å². The highest BCUT2D eigenvalue weighted by Gasteiger charge is 2.16. The lowest BCUT2D eigenvalue weighted by Gasteiger charge is -2.10. The average molecular weight is 285 g/mol. The third-order valence-electron chi connectivity index (χ3n) is 3.10. The van der Waals surface area contributed by atoms with Gasteiger partial charge in [-0.2, -0.15) is 0 Å². The summed E-state index contributed by atoms with van der Waals surface area (Å²) in [4.78, 5) is 16.6. The molecule has 0 aliphatic carbocycles. The van der Waals surface area contributed by atoms with Gasteiger partial charge >= 0.3 is 0 Å². The molecule has 1 atom stereocenters. The van der Waals surface area contributed by atoms with Crippen LogP contribution in [0.2, 0.25) is 0 Å². The van der Waals surface area contributed by atoms with Gasteiger partial charge in [-0.25, -0.2) is 4.98 Å². The summed E-state index contributed by atoms with van der Waals surface area (Å²) in [5, 5.41) is 10.5. The lowest BCUT2D eigenvalue weighted by atomic mass is 10.2. The highest BCUT2D eigenvalue weighted by molar-refractivity contribution is 5.95. The van der Waals surface area contributed by atoms with Gasteiger partial charge in [0.2, 0.25) is 11.8 Å². The van der Waals surface area contributed by atoms with Crippen LogP contribution < -0.4 is 5.32 Å². The van der Waals surface area contributed by atoms with Crippen molar-refractivity contribution in [2.45, 2.75) is 26.8 Å². The molecule has 108 valence electrons. The zero-order valence-corrected chi connectivity index (χ0v) is 12.0. The van der Waals surface area contributed by atoms with Crippen LogP contribution in [0.15, 0.2) is 28.9 Å². The van der Waals surface area contributed by atoms with Crippen LogP contribution in [0, 0.1) is 13.8 Å². The summed E-state index contributed by atoms with van der Waals surface area (Å²) < 4.78 is 7.17. The molecule has 0 bridgehead atoms. The number of aryl methyl sites for hydroxylation is 2. The second-order valence-electron chi connectivity index (χ2n) is 4.92. The number of imidazole rings is 1. The van der Waals surface area contributed by atoms with E-state index in [0.29, 0.717) is 17.3 Å². The van der Waals surface area contributed by atoms with Gasteiger partial charge in [0.15, 0.2) is 0 Å². The van der Waals surface area contributed by atoms with E-state index in [4.69, 9.17) is 4.42 Å². The minimum atomic E-state index is -0.351. The molecule has 0 saturated heterocycles. The molecule has 0 aliphatic heterocycles. The molecule has 7 nitrogen and oxygen atoms in total. The number of carbonyl (C=O) groups excluding carboxylic acids is 1. The predicted octanol–water partition coefficient (Wildman–Crippen LogP) is 1.83. The van der Waals surface area contributed by atoms with E-state index in [1.807, 2.05) is 23.7 Å². The first-order valence-corrected chi connectivity index (χ1v) is 6.59. The number of nitrogens with zero attached hydrogens (tertiary/aromatic N) is 4. The fraction of sp³-hybridized carbons (Fsp3) is 0.286. The van der Waals surface area contributed by atoms with Crippen LogP contribution in [0.1, 0.15) is 40.8 Å². The number of hydrogen-bond acceptors (Lipinski definition) is 5. The van der Waals surface area contributed by atoms with Crippen LogP contribution in [-0.2, 0) is 0 Å². The Bertz CT molecular complexity index is 805. The predicted molar refractivity (Wildman–Crippen MR) is 74.8 cm³/mol. The summed E-state index contributed by atoms with van der Waals surface area (Å²) >= 11 is 0. The number of carbonyl (C=O) groups is 1. The van der Waals surface area contributed by atoms with Gasteiger partial charge in [0, 0.05) is 24.9 Å². The fourth-order valence-electron chi connectivity index (χ4n) is 2.08. The van der Waals surface area contributed by atoms with Gasteiger partial charge in [-0.05, 0) is 26.0 Å². The molecule has 0 radical (unpaired) electrons. The molecule has 3 rings (SSSR count). The van der Waals surface area contributed by atoms with Gasteiger partial charge in [-0.15, -0.1) is 10.2 Å². The Kier molecular flexibility index (Phi) is 3.17. The summed E-state index contributed by atoms with van der Waals surface area (Å²) in [7, 11) is 0. The molecule has 0 aromatic carbocycles. The summed E-state index contributed by atoms with van der Waals surface area (Å²) in [6.07, 6.45) is 3.71. The normalized spacial score (nSPS) is 12.5. The maximum Gasteiger partial charge on any atom is 0.252 e. The Hall–Kier alpha value is -2.70. The van der Waals surface area contributed by atoms with E-state index in [2.05, 4.69) is 20.5 Å². The quantitative estimate of drug-likeness (QED) is 0.793. The summed E-state index contributed by atoms with van der Waals surface area (Å²) in [6, 6.07) is 3.14. The van der Waals surface area contributed by atoms with E-state index in [1.165, 1.54) is 0 Å².